The minimum absolute atomic E-state index is 0.0568. The Bertz CT molecular complexity index is 1050. The highest BCUT2D eigenvalue weighted by Crippen LogP contribution is 2.33. The lowest BCUT2D eigenvalue weighted by molar-refractivity contribution is -0.122. The molecule has 1 unspecified atom stereocenters. The van der Waals surface area contributed by atoms with Crippen LogP contribution in [0, 0.1) is 5.92 Å². The average molecular weight is 422 g/mol. The molecule has 2 aromatic carbocycles. The summed E-state index contributed by atoms with van der Waals surface area (Å²) in [6.45, 7) is 2.43. The van der Waals surface area contributed by atoms with Crippen LogP contribution in [0.4, 0.5) is 10.8 Å². The molecule has 0 saturated carbocycles. The molecule has 1 fully saturated rings. The first-order chi connectivity index (χ1) is 14.6. The highest BCUT2D eigenvalue weighted by atomic mass is 32.1. The Balaban J connectivity index is 1.47. The predicted molar refractivity (Wildman–Crippen MR) is 119 cm³/mol. The first kappa shape index (κ1) is 20.1. The molecule has 30 heavy (non-hydrogen) atoms. The van der Waals surface area contributed by atoms with Crippen LogP contribution in [0.25, 0.3) is 11.3 Å². The second kappa shape index (κ2) is 8.67. The summed E-state index contributed by atoms with van der Waals surface area (Å²) < 4.78 is 5.16. The van der Waals surface area contributed by atoms with Gasteiger partial charge in [-0.05, 0) is 30.7 Å². The molecule has 0 bridgehead atoms. The van der Waals surface area contributed by atoms with Crippen LogP contribution >= 0.6 is 11.3 Å². The molecule has 1 saturated heterocycles. The molecule has 1 aromatic heterocycles. The summed E-state index contributed by atoms with van der Waals surface area (Å²) in [6, 6.07) is 17.2. The Labute approximate surface area is 179 Å². The van der Waals surface area contributed by atoms with Gasteiger partial charge in [-0.25, -0.2) is 4.98 Å². The molecule has 1 N–H and O–H groups in total. The van der Waals surface area contributed by atoms with Crippen molar-refractivity contribution in [3.8, 4) is 17.0 Å². The topological polar surface area (TPSA) is 71.5 Å². The van der Waals surface area contributed by atoms with Crippen LogP contribution < -0.4 is 15.0 Å². The number of amides is 2. The molecule has 0 aliphatic carbocycles. The fourth-order valence-corrected chi connectivity index (χ4v) is 4.50. The number of anilines is 2. The minimum atomic E-state index is -0.409. The predicted octanol–water partition coefficient (Wildman–Crippen LogP) is 4.37. The number of hydrogen-bond donors (Lipinski definition) is 1. The summed E-state index contributed by atoms with van der Waals surface area (Å²) in [6.07, 6.45) is 1.03. The number of thiazole rings is 1. The van der Waals surface area contributed by atoms with Gasteiger partial charge in [0.1, 0.15) is 5.75 Å². The largest absolute Gasteiger partial charge is 0.497 e. The highest BCUT2D eigenvalue weighted by Gasteiger charge is 2.35. The number of rotatable bonds is 6. The third kappa shape index (κ3) is 4.07. The van der Waals surface area contributed by atoms with Crippen molar-refractivity contribution in [1.82, 2.24) is 4.98 Å². The molecule has 2 heterocycles. The normalized spacial score (nSPS) is 16.0. The summed E-state index contributed by atoms with van der Waals surface area (Å²) in [5.41, 5.74) is 2.71. The van der Waals surface area contributed by atoms with Gasteiger partial charge < -0.3 is 15.0 Å². The molecular weight excluding hydrogens is 398 g/mol. The Hall–Kier alpha value is -3.19. The van der Waals surface area contributed by atoms with E-state index in [0.29, 0.717) is 11.7 Å². The number of hydrogen-bond acceptors (Lipinski definition) is 5. The number of aryl methyl sites for hydroxylation is 1. The van der Waals surface area contributed by atoms with Gasteiger partial charge in [-0.2, -0.15) is 0 Å². The molecule has 0 radical (unpaired) electrons. The van der Waals surface area contributed by atoms with E-state index < -0.39 is 5.92 Å². The lowest BCUT2D eigenvalue weighted by Crippen LogP contribution is -2.28. The highest BCUT2D eigenvalue weighted by molar-refractivity contribution is 7.16. The summed E-state index contributed by atoms with van der Waals surface area (Å²) in [5.74, 6) is 0.0900. The Kier molecular flexibility index (Phi) is 5.81. The maximum absolute atomic E-state index is 12.8. The van der Waals surface area contributed by atoms with E-state index in [4.69, 9.17) is 4.74 Å². The number of methoxy groups -OCH3 is 1. The Morgan fingerprint density at radius 3 is 2.60 bits per heavy atom. The van der Waals surface area contributed by atoms with Gasteiger partial charge in [-0.3, -0.25) is 9.59 Å². The van der Waals surface area contributed by atoms with Crippen LogP contribution in [-0.2, 0) is 16.0 Å². The Morgan fingerprint density at radius 2 is 1.93 bits per heavy atom. The molecule has 1 aliphatic rings. The molecule has 1 aliphatic heterocycles. The van der Waals surface area contributed by atoms with Crippen molar-refractivity contribution in [2.24, 2.45) is 5.92 Å². The molecule has 4 rings (SSSR count). The van der Waals surface area contributed by atoms with E-state index >= 15 is 0 Å². The van der Waals surface area contributed by atoms with Crippen molar-refractivity contribution in [2.45, 2.75) is 19.8 Å². The fraction of sp³-hybridized carbons (Fsp3) is 0.261. The van der Waals surface area contributed by atoms with E-state index in [0.717, 1.165) is 34.0 Å². The van der Waals surface area contributed by atoms with Crippen molar-refractivity contribution in [1.29, 1.82) is 0 Å². The van der Waals surface area contributed by atoms with E-state index in [1.807, 2.05) is 54.6 Å². The van der Waals surface area contributed by atoms with Gasteiger partial charge in [-0.15, -0.1) is 11.3 Å². The van der Waals surface area contributed by atoms with Crippen molar-refractivity contribution in [2.75, 3.05) is 23.9 Å². The summed E-state index contributed by atoms with van der Waals surface area (Å²) >= 11 is 1.49. The lowest BCUT2D eigenvalue weighted by atomic mass is 10.1. The molecule has 154 valence electrons. The van der Waals surface area contributed by atoms with E-state index in [9.17, 15) is 9.59 Å². The van der Waals surface area contributed by atoms with Gasteiger partial charge in [0.05, 0.1) is 18.7 Å². The lowest BCUT2D eigenvalue weighted by Gasteiger charge is -2.16. The van der Waals surface area contributed by atoms with Gasteiger partial charge in [-0.1, -0.05) is 37.3 Å². The van der Waals surface area contributed by atoms with Crippen molar-refractivity contribution in [3.05, 3.63) is 59.5 Å². The zero-order chi connectivity index (χ0) is 21.1. The molecule has 2 amide bonds. The maximum atomic E-state index is 12.8. The van der Waals surface area contributed by atoms with Crippen LogP contribution in [0.15, 0.2) is 54.6 Å². The summed E-state index contributed by atoms with van der Waals surface area (Å²) in [5, 5.41) is 3.50. The summed E-state index contributed by atoms with van der Waals surface area (Å²) in [7, 11) is 1.60. The van der Waals surface area contributed by atoms with Crippen LogP contribution in [0.2, 0.25) is 0 Å². The first-order valence-electron chi connectivity index (χ1n) is 9.89. The second-order valence-electron chi connectivity index (χ2n) is 7.10. The van der Waals surface area contributed by atoms with Gasteiger partial charge in [0.15, 0.2) is 5.13 Å². The minimum Gasteiger partial charge on any atom is -0.497 e. The van der Waals surface area contributed by atoms with Crippen molar-refractivity contribution in [3.63, 3.8) is 0 Å². The molecule has 0 spiro atoms. The van der Waals surface area contributed by atoms with Crippen LogP contribution in [-0.4, -0.2) is 30.5 Å². The number of carbonyl (C=O) groups is 2. The van der Waals surface area contributed by atoms with Crippen LogP contribution in [0.5, 0.6) is 5.75 Å². The number of nitrogens with zero attached hydrogens (tertiary/aromatic N) is 2. The van der Waals surface area contributed by atoms with E-state index in [-0.39, 0.29) is 18.2 Å². The van der Waals surface area contributed by atoms with Crippen LogP contribution in [0.3, 0.4) is 0 Å². The smallest absolute Gasteiger partial charge is 0.231 e. The third-order valence-electron chi connectivity index (χ3n) is 5.18. The van der Waals surface area contributed by atoms with E-state index in [2.05, 4.69) is 17.2 Å². The molecule has 7 heteroatoms. The second-order valence-corrected chi connectivity index (χ2v) is 8.19. The number of nitrogens with one attached hydrogen (secondary N) is 1. The maximum Gasteiger partial charge on any atom is 0.231 e. The first-order valence-corrected chi connectivity index (χ1v) is 10.7. The zero-order valence-corrected chi connectivity index (χ0v) is 17.7. The standard InChI is InChI=1S/C23H23N3O3S/c1-3-19-21(15-7-5-4-6-8-15)24-23(30-19)25-22(28)16-13-20(27)26(14-16)17-9-11-18(29-2)12-10-17/h4-12,16H,3,13-14H2,1-2H3,(H,24,25,28). The number of ether oxygens (including phenoxy) is 1. The van der Waals surface area contributed by atoms with Crippen molar-refractivity contribution < 1.29 is 14.3 Å². The quantitative estimate of drug-likeness (QED) is 0.641. The van der Waals surface area contributed by atoms with Gasteiger partial charge in [0.2, 0.25) is 11.8 Å². The number of aromatic nitrogens is 1. The SMILES string of the molecule is CCc1sc(NC(=O)C2CC(=O)N(c3ccc(OC)cc3)C2)nc1-c1ccccc1. The molecular formula is C23H23N3O3S. The Morgan fingerprint density at radius 1 is 1.20 bits per heavy atom. The van der Waals surface area contributed by atoms with E-state index in [1.165, 1.54) is 11.3 Å². The van der Waals surface area contributed by atoms with Gasteiger partial charge in [0.25, 0.3) is 0 Å². The molecule has 6 nitrogen and oxygen atoms in total. The third-order valence-corrected chi connectivity index (χ3v) is 6.29. The van der Waals surface area contributed by atoms with Gasteiger partial charge >= 0.3 is 0 Å². The fourth-order valence-electron chi connectivity index (χ4n) is 3.57. The molecule has 3 aromatic rings. The van der Waals surface area contributed by atoms with E-state index in [1.54, 1.807) is 12.0 Å². The monoisotopic (exact) mass is 421 g/mol. The van der Waals surface area contributed by atoms with Gasteiger partial charge in [0, 0.05) is 29.1 Å². The summed E-state index contributed by atoms with van der Waals surface area (Å²) in [4.78, 5) is 32.8. The average Bonchev–Trinajstić information content (AvgIpc) is 3.37. The number of carbonyl (C=O) groups excluding carboxylic acids is 2. The molecule has 1 atom stereocenters. The van der Waals surface area contributed by atoms with Crippen molar-refractivity contribution >= 4 is 34.0 Å². The number of benzene rings is 2. The van der Waals surface area contributed by atoms with Crippen LogP contribution in [0.1, 0.15) is 18.2 Å². The zero-order valence-electron chi connectivity index (χ0n) is 16.9.